The van der Waals surface area contributed by atoms with Crippen LogP contribution in [0.4, 0.5) is 0 Å². The summed E-state index contributed by atoms with van der Waals surface area (Å²) in [6, 6.07) is 1.81. The van der Waals surface area contributed by atoms with Gasteiger partial charge in [0.25, 0.3) is 0 Å². The van der Waals surface area contributed by atoms with Crippen molar-refractivity contribution in [1.82, 2.24) is 10.1 Å². The van der Waals surface area contributed by atoms with Crippen molar-refractivity contribution >= 4 is 0 Å². The fraction of sp³-hybridized carbons (Fsp3) is 0.500. The molecule has 92 valence electrons. The number of hydrogen-bond acceptors (Lipinski definition) is 4. The minimum absolute atomic E-state index is 0.856. The molecule has 0 saturated heterocycles. The lowest BCUT2D eigenvalue weighted by atomic mass is 10.5. The minimum atomic E-state index is 0.856. The fourth-order valence-electron chi connectivity index (χ4n) is 0.552. The van der Waals surface area contributed by atoms with E-state index in [2.05, 4.69) is 19.1 Å². The number of aromatic nitrogens is 2. The molecule has 0 bridgehead atoms. The van der Waals surface area contributed by atoms with Gasteiger partial charge in [-0.1, -0.05) is 32.9 Å². The van der Waals surface area contributed by atoms with Crippen LogP contribution in [-0.4, -0.2) is 10.1 Å². The van der Waals surface area contributed by atoms with Crippen LogP contribution in [0.5, 0.6) is 0 Å². The van der Waals surface area contributed by atoms with E-state index in [0.717, 1.165) is 11.5 Å². The average Bonchev–Trinajstić information content (AvgIpc) is 2.98. The van der Waals surface area contributed by atoms with Crippen LogP contribution in [0.15, 0.2) is 33.9 Å². The Morgan fingerprint density at radius 2 is 1.69 bits per heavy atom. The lowest BCUT2D eigenvalue weighted by molar-refractivity contribution is 0.397. The molecule has 0 fully saturated rings. The normalized spacial score (nSPS) is 7.38. The third-order valence-corrected chi connectivity index (χ3v) is 1.12. The number of aryl methyl sites for hydroxylation is 2. The van der Waals surface area contributed by atoms with Gasteiger partial charge in [0.1, 0.15) is 12.0 Å². The van der Waals surface area contributed by atoms with Gasteiger partial charge in [-0.25, -0.2) is 4.98 Å². The average molecular weight is 226 g/mol. The molecule has 0 unspecified atom stereocenters. The molecule has 0 N–H and O–H groups in total. The summed E-state index contributed by atoms with van der Waals surface area (Å²) >= 11 is 0. The summed E-state index contributed by atoms with van der Waals surface area (Å²) in [6.07, 6.45) is 4.63. The van der Waals surface area contributed by atoms with Gasteiger partial charge in [-0.05, 0) is 13.8 Å². The Labute approximate surface area is 97.7 Å². The molecule has 0 aliphatic rings. The van der Waals surface area contributed by atoms with Gasteiger partial charge in [-0.3, -0.25) is 0 Å². The Kier molecular flexibility index (Phi) is 14.1. The zero-order valence-corrected chi connectivity index (χ0v) is 11.0. The van der Waals surface area contributed by atoms with Crippen molar-refractivity contribution in [3.63, 3.8) is 0 Å². The standard InChI is InChI=1S/2C4H5NO.2C2H6/c1-4-2-6-3-5-4;1-4-2-3-5-6-4;2*1-2/h2*2-3H,1H3;2*1-2H3. The predicted molar refractivity (Wildman–Crippen MR) is 65.2 cm³/mol. The second kappa shape index (κ2) is 13.4. The molecule has 2 aromatic rings. The molecule has 16 heavy (non-hydrogen) atoms. The summed E-state index contributed by atoms with van der Waals surface area (Å²) in [5.74, 6) is 0.856. The van der Waals surface area contributed by atoms with Gasteiger partial charge in [0.15, 0.2) is 6.39 Å². The lowest BCUT2D eigenvalue weighted by Gasteiger charge is -1.65. The zero-order chi connectivity index (χ0) is 12.8. The summed E-state index contributed by atoms with van der Waals surface area (Å²) in [4.78, 5) is 3.75. The quantitative estimate of drug-likeness (QED) is 0.680. The van der Waals surface area contributed by atoms with Crippen LogP contribution in [0.2, 0.25) is 0 Å². The van der Waals surface area contributed by atoms with E-state index in [1.165, 1.54) is 6.39 Å². The molecule has 2 aromatic heterocycles. The molecular formula is C12H22N2O2. The van der Waals surface area contributed by atoms with E-state index in [9.17, 15) is 0 Å². The maximum Gasteiger partial charge on any atom is 0.180 e. The van der Waals surface area contributed by atoms with Gasteiger partial charge in [0.05, 0.1) is 11.9 Å². The van der Waals surface area contributed by atoms with Crippen molar-refractivity contribution in [2.45, 2.75) is 41.5 Å². The molecule has 2 heterocycles. The molecule has 4 heteroatoms. The van der Waals surface area contributed by atoms with E-state index in [-0.39, 0.29) is 0 Å². The van der Waals surface area contributed by atoms with Crippen LogP contribution in [0, 0.1) is 13.8 Å². The smallest absolute Gasteiger partial charge is 0.180 e. The van der Waals surface area contributed by atoms with E-state index in [0.29, 0.717) is 0 Å². The van der Waals surface area contributed by atoms with Crippen molar-refractivity contribution in [3.05, 3.63) is 36.4 Å². The molecule has 0 aromatic carbocycles. The Bertz CT molecular complexity index is 256. The van der Waals surface area contributed by atoms with Crippen molar-refractivity contribution < 1.29 is 8.94 Å². The molecule has 0 aliphatic carbocycles. The topological polar surface area (TPSA) is 52.1 Å². The maximum absolute atomic E-state index is 4.60. The summed E-state index contributed by atoms with van der Waals surface area (Å²) in [6.45, 7) is 11.7. The number of rotatable bonds is 0. The van der Waals surface area contributed by atoms with Crippen molar-refractivity contribution in [3.8, 4) is 0 Å². The zero-order valence-electron chi connectivity index (χ0n) is 11.0. The second-order valence-corrected chi connectivity index (χ2v) is 2.25. The van der Waals surface area contributed by atoms with Crippen LogP contribution in [-0.2, 0) is 0 Å². The van der Waals surface area contributed by atoms with Crippen molar-refractivity contribution in [2.24, 2.45) is 0 Å². The molecule has 0 spiro atoms. The van der Waals surface area contributed by atoms with E-state index in [4.69, 9.17) is 0 Å². The van der Waals surface area contributed by atoms with Crippen molar-refractivity contribution in [1.29, 1.82) is 0 Å². The molecule has 0 atom stereocenters. The Morgan fingerprint density at radius 3 is 1.81 bits per heavy atom. The van der Waals surface area contributed by atoms with E-state index >= 15 is 0 Å². The van der Waals surface area contributed by atoms with Gasteiger partial charge in [-0.15, -0.1) is 0 Å². The molecule has 0 saturated carbocycles. The van der Waals surface area contributed by atoms with Crippen LogP contribution < -0.4 is 0 Å². The fourth-order valence-corrected chi connectivity index (χ4v) is 0.552. The first-order valence-corrected chi connectivity index (χ1v) is 5.51. The number of hydrogen-bond donors (Lipinski definition) is 0. The van der Waals surface area contributed by atoms with Gasteiger partial charge in [-0.2, -0.15) is 0 Å². The highest BCUT2D eigenvalue weighted by Crippen LogP contribution is 1.88. The SMILES string of the molecule is CC.CC.Cc1ccno1.Cc1cocn1. The minimum Gasteiger partial charge on any atom is -0.452 e. The first-order valence-electron chi connectivity index (χ1n) is 5.51. The highest BCUT2D eigenvalue weighted by Gasteiger charge is 1.78. The van der Waals surface area contributed by atoms with E-state index < -0.39 is 0 Å². The summed E-state index contributed by atoms with van der Waals surface area (Å²) in [7, 11) is 0. The monoisotopic (exact) mass is 226 g/mol. The summed E-state index contributed by atoms with van der Waals surface area (Å²) in [5.41, 5.74) is 0.926. The van der Waals surface area contributed by atoms with Crippen LogP contribution in [0.25, 0.3) is 0 Å². The van der Waals surface area contributed by atoms with Gasteiger partial charge >= 0.3 is 0 Å². The van der Waals surface area contributed by atoms with Gasteiger partial charge in [0, 0.05) is 6.07 Å². The maximum atomic E-state index is 4.60. The largest absolute Gasteiger partial charge is 0.452 e. The third-order valence-electron chi connectivity index (χ3n) is 1.12. The Balaban J connectivity index is 0. The highest BCUT2D eigenvalue weighted by molar-refractivity contribution is 4.87. The van der Waals surface area contributed by atoms with Gasteiger partial charge < -0.3 is 8.94 Å². The third kappa shape index (κ3) is 10.5. The first kappa shape index (κ1) is 16.8. The molecule has 4 nitrogen and oxygen atoms in total. The molecular weight excluding hydrogens is 204 g/mol. The molecule has 0 radical (unpaired) electrons. The predicted octanol–water partition coefficient (Wildman–Crippen LogP) is 4.02. The van der Waals surface area contributed by atoms with Crippen LogP contribution in [0.1, 0.15) is 39.1 Å². The Morgan fingerprint density at radius 1 is 1.06 bits per heavy atom. The van der Waals surface area contributed by atoms with Gasteiger partial charge in [0.2, 0.25) is 0 Å². The van der Waals surface area contributed by atoms with Crippen LogP contribution in [0.3, 0.4) is 0 Å². The van der Waals surface area contributed by atoms with Crippen molar-refractivity contribution in [2.75, 3.05) is 0 Å². The van der Waals surface area contributed by atoms with E-state index in [1.54, 1.807) is 18.5 Å². The Hall–Kier alpha value is -1.58. The molecule has 0 amide bonds. The highest BCUT2D eigenvalue weighted by atomic mass is 16.5. The number of oxazole rings is 1. The summed E-state index contributed by atoms with van der Waals surface area (Å²) < 4.78 is 9.19. The second-order valence-electron chi connectivity index (χ2n) is 2.25. The lowest BCUT2D eigenvalue weighted by Crippen LogP contribution is -1.59. The van der Waals surface area contributed by atoms with Crippen LogP contribution >= 0.6 is 0 Å². The van der Waals surface area contributed by atoms with E-state index in [1.807, 2.05) is 41.5 Å². The molecule has 0 aliphatic heterocycles. The molecule has 2 rings (SSSR count). The number of nitrogens with zero attached hydrogens (tertiary/aromatic N) is 2. The first-order chi connectivity index (χ1) is 7.79. The summed E-state index contributed by atoms with van der Waals surface area (Å²) in [5, 5.41) is 3.45.